The second kappa shape index (κ2) is 6.85. The number of amides is 1. The molecule has 0 bridgehead atoms. The summed E-state index contributed by atoms with van der Waals surface area (Å²) >= 11 is 3.11. The van der Waals surface area contributed by atoms with Gasteiger partial charge in [0, 0.05) is 11.5 Å². The molecule has 0 spiro atoms. The quantitative estimate of drug-likeness (QED) is 0.677. The molecule has 0 heterocycles. The van der Waals surface area contributed by atoms with Crippen LogP contribution in [-0.2, 0) is 4.79 Å². The monoisotopic (exact) mass is 323 g/mol. The molecule has 1 fully saturated rings. The van der Waals surface area contributed by atoms with Crippen LogP contribution in [0.5, 0.6) is 0 Å². The van der Waals surface area contributed by atoms with Gasteiger partial charge >= 0.3 is 0 Å². The highest BCUT2D eigenvalue weighted by molar-refractivity contribution is 9.09. The van der Waals surface area contributed by atoms with Gasteiger partial charge in [-0.3, -0.25) is 9.59 Å². The van der Waals surface area contributed by atoms with Gasteiger partial charge in [0.15, 0.2) is 5.78 Å². The molecule has 3 nitrogen and oxygen atoms in total. The minimum atomic E-state index is -0.135. The number of benzene rings is 1. The number of ketones is 1. The standard InChI is InChI=1S/C15H18BrNO2/c16-10-14(18)17-13-9-5-4-8-12(13)15(19)11-6-2-1-3-7-11/h4-5,8-9,11H,1-3,6-7,10H2,(H,17,18). The van der Waals surface area contributed by atoms with Crippen LogP contribution in [0.15, 0.2) is 24.3 Å². The summed E-state index contributed by atoms with van der Waals surface area (Å²) in [6.45, 7) is 0. The van der Waals surface area contributed by atoms with Crippen LogP contribution in [0, 0.1) is 5.92 Å². The van der Waals surface area contributed by atoms with E-state index >= 15 is 0 Å². The molecular weight excluding hydrogens is 306 g/mol. The lowest BCUT2D eigenvalue weighted by molar-refractivity contribution is -0.113. The molecule has 0 unspecified atom stereocenters. The first-order chi connectivity index (χ1) is 9.22. The lowest BCUT2D eigenvalue weighted by Crippen LogP contribution is -2.21. The Morgan fingerprint density at radius 2 is 1.84 bits per heavy atom. The minimum Gasteiger partial charge on any atom is -0.325 e. The third-order valence-corrected chi connectivity index (χ3v) is 4.07. The molecule has 0 radical (unpaired) electrons. The van der Waals surface area contributed by atoms with Crippen molar-refractivity contribution in [3.63, 3.8) is 0 Å². The molecule has 0 saturated heterocycles. The molecule has 1 aromatic carbocycles. The highest BCUT2D eigenvalue weighted by Crippen LogP contribution is 2.29. The van der Waals surface area contributed by atoms with Gasteiger partial charge in [0.25, 0.3) is 0 Å². The zero-order valence-corrected chi connectivity index (χ0v) is 12.4. The van der Waals surface area contributed by atoms with E-state index in [0.717, 1.165) is 25.7 Å². The summed E-state index contributed by atoms with van der Waals surface area (Å²) in [4.78, 5) is 24.0. The Hall–Kier alpha value is -1.16. The second-order valence-corrected chi connectivity index (χ2v) is 5.49. The lowest BCUT2D eigenvalue weighted by atomic mass is 9.83. The average Bonchev–Trinajstić information content (AvgIpc) is 2.48. The Morgan fingerprint density at radius 1 is 1.16 bits per heavy atom. The molecular formula is C15H18BrNO2. The molecule has 0 aromatic heterocycles. The molecule has 0 atom stereocenters. The zero-order chi connectivity index (χ0) is 13.7. The number of nitrogens with one attached hydrogen (secondary N) is 1. The molecule has 0 aliphatic heterocycles. The van der Waals surface area contributed by atoms with Crippen LogP contribution in [0.2, 0.25) is 0 Å². The normalized spacial score (nSPS) is 16.1. The topological polar surface area (TPSA) is 46.2 Å². The van der Waals surface area contributed by atoms with Crippen LogP contribution >= 0.6 is 15.9 Å². The van der Waals surface area contributed by atoms with Gasteiger partial charge in [-0.15, -0.1) is 0 Å². The van der Waals surface area contributed by atoms with E-state index in [1.54, 1.807) is 12.1 Å². The van der Waals surface area contributed by atoms with Gasteiger partial charge in [0.2, 0.25) is 5.91 Å². The van der Waals surface area contributed by atoms with E-state index < -0.39 is 0 Å². The molecule has 4 heteroatoms. The second-order valence-electron chi connectivity index (χ2n) is 4.93. The third-order valence-electron chi connectivity index (χ3n) is 3.56. The summed E-state index contributed by atoms with van der Waals surface area (Å²) in [5, 5.41) is 3.01. The van der Waals surface area contributed by atoms with Crippen molar-refractivity contribution in [3.05, 3.63) is 29.8 Å². The van der Waals surface area contributed by atoms with Crippen molar-refractivity contribution in [1.29, 1.82) is 0 Å². The Kier molecular flexibility index (Phi) is 5.14. The van der Waals surface area contributed by atoms with Gasteiger partial charge in [-0.05, 0) is 25.0 Å². The van der Waals surface area contributed by atoms with E-state index in [2.05, 4.69) is 21.2 Å². The van der Waals surface area contributed by atoms with Gasteiger partial charge in [0.05, 0.1) is 11.0 Å². The maximum atomic E-state index is 12.5. The Bertz CT molecular complexity index is 467. The maximum absolute atomic E-state index is 12.5. The number of Topliss-reactive ketones (excluding diaryl/α,β-unsaturated/α-hetero) is 1. The van der Waals surface area contributed by atoms with E-state index in [1.807, 2.05) is 12.1 Å². The van der Waals surface area contributed by atoms with Crippen LogP contribution in [0.4, 0.5) is 5.69 Å². The summed E-state index contributed by atoms with van der Waals surface area (Å²) in [5.41, 5.74) is 1.27. The molecule has 1 aliphatic rings. The fourth-order valence-corrected chi connectivity index (χ4v) is 2.72. The predicted molar refractivity (Wildman–Crippen MR) is 79.8 cm³/mol. The fraction of sp³-hybridized carbons (Fsp3) is 0.467. The first-order valence-electron chi connectivity index (χ1n) is 6.71. The van der Waals surface area contributed by atoms with Gasteiger partial charge in [-0.1, -0.05) is 47.3 Å². The number of hydrogen-bond donors (Lipinski definition) is 1. The molecule has 19 heavy (non-hydrogen) atoms. The number of alkyl halides is 1. The van der Waals surface area contributed by atoms with Crippen molar-refractivity contribution < 1.29 is 9.59 Å². The third kappa shape index (κ3) is 3.66. The maximum Gasteiger partial charge on any atom is 0.235 e. The number of carbonyl (C=O) groups excluding carboxylic acids is 2. The Balaban J connectivity index is 2.18. The van der Waals surface area contributed by atoms with Crippen LogP contribution in [-0.4, -0.2) is 17.0 Å². The lowest BCUT2D eigenvalue weighted by Gasteiger charge is -2.21. The van der Waals surface area contributed by atoms with Crippen molar-refractivity contribution in [2.75, 3.05) is 10.6 Å². The molecule has 102 valence electrons. The van der Waals surface area contributed by atoms with Crippen LogP contribution in [0.25, 0.3) is 0 Å². The summed E-state index contributed by atoms with van der Waals surface area (Å²) in [7, 11) is 0. The van der Waals surface area contributed by atoms with E-state index in [4.69, 9.17) is 0 Å². The van der Waals surface area contributed by atoms with Gasteiger partial charge in [-0.25, -0.2) is 0 Å². The van der Waals surface area contributed by atoms with E-state index in [1.165, 1.54) is 6.42 Å². The predicted octanol–water partition coefficient (Wildman–Crippen LogP) is 3.78. The number of hydrogen-bond acceptors (Lipinski definition) is 2. The molecule has 1 saturated carbocycles. The first-order valence-corrected chi connectivity index (χ1v) is 7.83. The smallest absolute Gasteiger partial charge is 0.235 e. The number of carbonyl (C=O) groups is 2. The van der Waals surface area contributed by atoms with Crippen LogP contribution < -0.4 is 5.32 Å². The first kappa shape index (κ1) is 14.3. The van der Waals surface area contributed by atoms with Crippen molar-refractivity contribution >= 4 is 33.3 Å². The zero-order valence-electron chi connectivity index (χ0n) is 10.8. The van der Waals surface area contributed by atoms with Gasteiger partial charge in [-0.2, -0.15) is 0 Å². The van der Waals surface area contributed by atoms with Crippen LogP contribution in [0.1, 0.15) is 42.5 Å². The van der Waals surface area contributed by atoms with Crippen molar-refractivity contribution in [2.24, 2.45) is 5.92 Å². The van der Waals surface area contributed by atoms with Gasteiger partial charge < -0.3 is 5.32 Å². The summed E-state index contributed by atoms with van der Waals surface area (Å²) in [6.07, 6.45) is 5.43. The summed E-state index contributed by atoms with van der Waals surface area (Å²) in [6, 6.07) is 7.28. The number of para-hydroxylation sites is 1. The highest BCUT2D eigenvalue weighted by Gasteiger charge is 2.24. The number of rotatable bonds is 4. The molecule has 1 aromatic rings. The molecule has 2 rings (SSSR count). The number of anilines is 1. The molecule has 1 N–H and O–H groups in total. The van der Waals surface area contributed by atoms with E-state index in [0.29, 0.717) is 11.3 Å². The SMILES string of the molecule is O=C(CBr)Nc1ccccc1C(=O)C1CCCCC1. The number of halogens is 1. The van der Waals surface area contributed by atoms with Gasteiger partial charge in [0.1, 0.15) is 0 Å². The summed E-state index contributed by atoms with van der Waals surface area (Å²) in [5.74, 6) is 0.157. The largest absolute Gasteiger partial charge is 0.325 e. The molecule has 1 aliphatic carbocycles. The Morgan fingerprint density at radius 3 is 2.53 bits per heavy atom. The minimum absolute atomic E-state index is 0.121. The van der Waals surface area contributed by atoms with Crippen LogP contribution in [0.3, 0.4) is 0 Å². The van der Waals surface area contributed by atoms with Crippen molar-refractivity contribution in [3.8, 4) is 0 Å². The summed E-state index contributed by atoms with van der Waals surface area (Å²) < 4.78 is 0. The van der Waals surface area contributed by atoms with Crippen molar-refractivity contribution in [2.45, 2.75) is 32.1 Å². The van der Waals surface area contributed by atoms with Crippen molar-refractivity contribution in [1.82, 2.24) is 0 Å². The molecule has 1 amide bonds. The average molecular weight is 324 g/mol. The highest BCUT2D eigenvalue weighted by atomic mass is 79.9. The Labute approximate surface area is 121 Å². The fourth-order valence-electron chi connectivity index (χ4n) is 2.58. The van der Waals surface area contributed by atoms with E-state index in [9.17, 15) is 9.59 Å². The van der Waals surface area contributed by atoms with E-state index in [-0.39, 0.29) is 22.9 Å².